The predicted molar refractivity (Wildman–Crippen MR) is 87.5 cm³/mol. The third-order valence-electron chi connectivity index (χ3n) is 4.23. The van der Waals surface area contributed by atoms with Crippen molar-refractivity contribution in [2.45, 2.75) is 45.6 Å². The summed E-state index contributed by atoms with van der Waals surface area (Å²) in [6.45, 7) is 8.49. The van der Waals surface area contributed by atoms with Gasteiger partial charge in [0.1, 0.15) is 0 Å². The molecule has 1 aliphatic carbocycles. The molecule has 2 heterocycles. The van der Waals surface area contributed by atoms with Crippen molar-refractivity contribution in [1.29, 1.82) is 0 Å². The maximum atomic E-state index is 12.4. The van der Waals surface area contributed by atoms with E-state index in [0.717, 1.165) is 30.3 Å². The van der Waals surface area contributed by atoms with Crippen molar-refractivity contribution in [2.24, 2.45) is 5.92 Å². The third-order valence-corrected chi connectivity index (χ3v) is 5.52. The molecule has 0 radical (unpaired) electrons. The van der Waals surface area contributed by atoms with Gasteiger partial charge in [-0.2, -0.15) is 0 Å². The highest BCUT2D eigenvalue weighted by molar-refractivity contribution is 7.19. The average Bonchev–Trinajstić information content (AvgIpc) is 3.21. The second kappa shape index (κ2) is 5.61. The number of thiophene rings is 1. The number of rotatable bonds is 4. The summed E-state index contributed by atoms with van der Waals surface area (Å²) in [6.07, 6.45) is 2.63. The lowest BCUT2D eigenvalue weighted by atomic mass is 10.0. The number of nitrogens with zero attached hydrogens (tertiary/aromatic N) is 1. The summed E-state index contributed by atoms with van der Waals surface area (Å²) in [5, 5.41) is 1.22. The minimum absolute atomic E-state index is 0.00512. The standard InChI is InChI=1S/C16H24N2O2S/c1-9(2)14(19)15-13(17)12(11-4-5-11)16(21-15)18-6-7-20-10(3)8-18/h9-11H,4-8,17H2,1-3H3. The van der Waals surface area contributed by atoms with Crippen LogP contribution in [-0.2, 0) is 4.74 Å². The van der Waals surface area contributed by atoms with Crippen LogP contribution in [0.2, 0.25) is 0 Å². The second-order valence-corrected chi connectivity index (χ2v) is 7.48. The fourth-order valence-electron chi connectivity index (χ4n) is 2.89. The minimum Gasteiger partial charge on any atom is -0.397 e. The van der Waals surface area contributed by atoms with Gasteiger partial charge in [0.25, 0.3) is 0 Å². The molecule has 0 bridgehead atoms. The van der Waals surface area contributed by atoms with Crippen molar-refractivity contribution >= 4 is 27.8 Å². The summed E-state index contributed by atoms with van der Waals surface area (Å²) < 4.78 is 5.63. The van der Waals surface area contributed by atoms with Gasteiger partial charge in [-0.15, -0.1) is 11.3 Å². The topological polar surface area (TPSA) is 55.6 Å². The van der Waals surface area contributed by atoms with Crippen LogP contribution in [0.3, 0.4) is 0 Å². The van der Waals surface area contributed by atoms with Gasteiger partial charge in [0, 0.05) is 24.6 Å². The number of ether oxygens (including phenoxy) is 1. The molecule has 1 atom stereocenters. The molecule has 1 aromatic rings. The lowest BCUT2D eigenvalue weighted by Gasteiger charge is -2.32. The van der Waals surface area contributed by atoms with Crippen LogP contribution in [0, 0.1) is 5.92 Å². The molecule has 116 valence electrons. The van der Waals surface area contributed by atoms with Gasteiger partial charge < -0.3 is 15.4 Å². The van der Waals surface area contributed by atoms with E-state index in [9.17, 15) is 4.79 Å². The first kappa shape index (κ1) is 14.9. The highest BCUT2D eigenvalue weighted by Gasteiger charge is 2.35. The van der Waals surface area contributed by atoms with Gasteiger partial charge in [0.2, 0.25) is 0 Å². The van der Waals surface area contributed by atoms with Crippen LogP contribution in [0.1, 0.15) is 54.8 Å². The quantitative estimate of drug-likeness (QED) is 0.867. The van der Waals surface area contributed by atoms with E-state index in [2.05, 4.69) is 11.8 Å². The molecular weight excluding hydrogens is 284 g/mol. The highest BCUT2D eigenvalue weighted by atomic mass is 32.1. The van der Waals surface area contributed by atoms with Gasteiger partial charge in [-0.25, -0.2) is 0 Å². The number of hydrogen-bond acceptors (Lipinski definition) is 5. The Hall–Kier alpha value is -1.07. The molecule has 0 amide bonds. The van der Waals surface area contributed by atoms with Crippen LogP contribution < -0.4 is 10.6 Å². The maximum Gasteiger partial charge on any atom is 0.177 e. The van der Waals surface area contributed by atoms with Gasteiger partial charge in [-0.05, 0) is 25.7 Å². The van der Waals surface area contributed by atoms with Crippen LogP contribution in [0.4, 0.5) is 10.7 Å². The number of carbonyl (C=O) groups is 1. The van der Waals surface area contributed by atoms with E-state index in [1.54, 1.807) is 11.3 Å². The molecule has 21 heavy (non-hydrogen) atoms. The Kier molecular flexibility index (Phi) is 3.97. The largest absolute Gasteiger partial charge is 0.397 e. The van der Waals surface area contributed by atoms with Crippen molar-refractivity contribution in [3.05, 3.63) is 10.4 Å². The molecule has 2 aliphatic rings. The number of hydrogen-bond donors (Lipinski definition) is 1. The lowest BCUT2D eigenvalue weighted by molar-refractivity contribution is 0.0534. The Morgan fingerprint density at radius 2 is 2.14 bits per heavy atom. The molecule has 1 saturated heterocycles. The Labute approximate surface area is 130 Å². The Morgan fingerprint density at radius 1 is 1.43 bits per heavy atom. The number of Topliss-reactive ketones (excluding diaryl/α,β-unsaturated/α-hetero) is 1. The van der Waals surface area contributed by atoms with Gasteiger partial charge in [-0.1, -0.05) is 13.8 Å². The van der Waals surface area contributed by atoms with Gasteiger partial charge >= 0.3 is 0 Å². The van der Waals surface area contributed by atoms with E-state index in [-0.39, 0.29) is 17.8 Å². The summed E-state index contributed by atoms with van der Waals surface area (Å²) in [5.41, 5.74) is 8.34. The van der Waals surface area contributed by atoms with Gasteiger partial charge in [-0.3, -0.25) is 4.79 Å². The predicted octanol–water partition coefficient (Wildman–Crippen LogP) is 3.27. The number of anilines is 2. The van der Waals surface area contributed by atoms with E-state index < -0.39 is 0 Å². The van der Waals surface area contributed by atoms with E-state index in [1.807, 2.05) is 13.8 Å². The number of carbonyl (C=O) groups excluding carboxylic acids is 1. The summed E-state index contributed by atoms with van der Waals surface area (Å²) in [5.74, 6) is 0.726. The highest BCUT2D eigenvalue weighted by Crippen LogP contribution is 2.52. The SMILES string of the molecule is CC1CN(c2sc(C(=O)C(C)C)c(N)c2C2CC2)CCO1. The lowest BCUT2D eigenvalue weighted by Crippen LogP contribution is -2.41. The molecule has 0 spiro atoms. The van der Waals surface area contributed by atoms with Crippen LogP contribution in [0.15, 0.2) is 0 Å². The van der Waals surface area contributed by atoms with Crippen molar-refractivity contribution in [2.75, 3.05) is 30.3 Å². The van der Waals surface area contributed by atoms with E-state index in [4.69, 9.17) is 10.5 Å². The van der Waals surface area contributed by atoms with E-state index in [0.29, 0.717) is 5.92 Å². The Morgan fingerprint density at radius 3 is 2.71 bits per heavy atom. The first-order valence-electron chi connectivity index (χ1n) is 7.82. The fraction of sp³-hybridized carbons (Fsp3) is 0.688. The molecule has 3 rings (SSSR count). The van der Waals surface area contributed by atoms with Crippen LogP contribution in [0.5, 0.6) is 0 Å². The molecule has 5 heteroatoms. The number of nitrogen functional groups attached to an aromatic ring is 1. The van der Waals surface area contributed by atoms with Crippen molar-refractivity contribution < 1.29 is 9.53 Å². The van der Waals surface area contributed by atoms with Gasteiger partial charge in [0.15, 0.2) is 5.78 Å². The van der Waals surface area contributed by atoms with Crippen molar-refractivity contribution in [3.63, 3.8) is 0 Å². The number of morpholine rings is 1. The zero-order valence-electron chi connectivity index (χ0n) is 13.0. The molecule has 2 N–H and O–H groups in total. The second-order valence-electron chi connectivity index (χ2n) is 6.48. The zero-order valence-corrected chi connectivity index (χ0v) is 13.8. The summed E-state index contributed by atoms with van der Waals surface area (Å²) in [6, 6.07) is 0. The van der Waals surface area contributed by atoms with Crippen LogP contribution in [0.25, 0.3) is 0 Å². The van der Waals surface area contributed by atoms with Crippen LogP contribution >= 0.6 is 11.3 Å². The summed E-state index contributed by atoms with van der Waals surface area (Å²) in [7, 11) is 0. The van der Waals surface area contributed by atoms with Crippen molar-refractivity contribution in [1.82, 2.24) is 0 Å². The third kappa shape index (κ3) is 2.81. The minimum atomic E-state index is -0.00512. The monoisotopic (exact) mass is 308 g/mol. The van der Waals surface area contributed by atoms with E-state index >= 15 is 0 Å². The summed E-state index contributed by atoms with van der Waals surface area (Å²) >= 11 is 1.60. The molecule has 0 aromatic carbocycles. The van der Waals surface area contributed by atoms with Crippen molar-refractivity contribution in [3.8, 4) is 0 Å². The number of nitrogens with two attached hydrogens (primary N) is 1. The molecule has 1 saturated carbocycles. The molecule has 2 fully saturated rings. The first-order chi connectivity index (χ1) is 9.99. The molecule has 1 unspecified atom stereocenters. The Balaban J connectivity index is 1.98. The smallest absolute Gasteiger partial charge is 0.177 e. The molecule has 1 aliphatic heterocycles. The van der Waals surface area contributed by atoms with Crippen LogP contribution in [-0.4, -0.2) is 31.6 Å². The normalized spacial score (nSPS) is 22.9. The fourth-order valence-corrected chi connectivity index (χ4v) is 4.32. The summed E-state index contributed by atoms with van der Waals surface area (Å²) in [4.78, 5) is 15.5. The maximum absolute atomic E-state index is 12.4. The van der Waals surface area contributed by atoms with Gasteiger partial charge in [0.05, 0.1) is 28.3 Å². The molecule has 1 aromatic heterocycles. The molecular formula is C16H24N2O2S. The van der Waals surface area contributed by atoms with E-state index in [1.165, 1.54) is 23.4 Å². The Bertz CT molecular complexity index is 549. The number of ketones is 1. The molecule has 4 nitrogen and oxygen atoms in total. The zero-order chi connectivity index (χ0) is 15.1. The average molecular weight is 308 g/mol. The first-order valence-corrected chi connectivity index (χ1v) is 8.63.